The van der Waals surface area contributed by atoms with Crippen molar-refractivity contribution in [2.75, 3.05) is 0 Å². The van der Waals surface area contributed by atoms with Gasteiger partial charge in [-0.15, -0.1) is 11.3 Å². The molecule has 6 heteroatoms. The average molecular weight is 302 g/mol. The van der Waals surface area contributed by atoms with Crippen LogP contribution in [0.1, 0.15) is 35.8 Å². The van der Waals surface area contributed by atoms with Gasteiger partial charge in [0, 0.05) is 11.6 Å². The Morgan fingerprint density at radius 2 is 2.14 bits per heavy atom. The van der Waals surface area contributed by atoms with Crippen LogP contribution in [0.3, 0.4) is 0 Å². The number of benzene rings is 1. The summed E-state index contributed by atoms with van der Waals surface area (Å²) in [5, 5.41) is 11.2. The van der Waals surface area contributed by atoms with Gasteiger partial charge in [-0.05, 0) is 17.5 Å². The van der Waals surface area contributed by atoms with Gasteiger partial charge in [0.2, 0.25) is 0 Å². The molecule has 0 spiro atoms. The van der Waals surface area contributed by atoms with Crippen LogP contribution in [0.4, 0.5) is 0 Å². The number of rotatable bonds is 4. The van der Waals surface area contributed by atoms with Crippen molar-refractivity contribution in [3.8, 4) is 11.6 Å². The molecule has 0 saturated heterocycles. The summed E-state index contributed by atoms with van der Waals surface area (Å²) in [6.45, 7) is 4.12. The van der Waals surface area contributed by atoms with Gasteiger partial charge in [-0.1, -0.05) is 32.0 Å². The summed E-state index contributed by atoms with van der Waals surface area (Å²) in [5.41, 5.74) is 1.06. The fraction of sp³-hybridized carbons (Fsp3) is 0.200. The Bertz CT molecular complexity index is 804. The van der Waals surface area contributed by atoms with Gasteiger partial charge in [-0.2, -0.15) is 4.98 Å². The van der Waals surface area contributed by atoms with Gasteiger partial charge in [0.15, 0.2) is 10.7 Å². The Hall–Kier alpha value is -2.34. The van der Waals surface area contributed by atoms with E-state index in [1.165, 1.54) is 15.7 Å². The van der Waals surface area contributed by atoms with Crippen LogP contribution in [0.15, 0.2) is 35.8 Å². The summed E-state index contributed by atoms with van der Waals surface area (Å²) < 4.78 is 7.33. The van der Waals surface area contributed by atoms with Crippen LogP contribution in [0.25, 0.3) is 4.96 Å². The van der Waals surface area contributed by atoms with Crippen molar-refractivity contribution >= 4 is 22.3 Å². The summed E-state index contributed by atoms with van der Waals surface area (Å²) in [6, 6.07) is 7.60. The maximum atomic E-state index is 11.5. The number of carboxylic acids is 1. The van der Waals surface area contributed by atoms with Crippen LogP contribution >= 0.6 is 11.3 Å². The molecule has 108 valence electrons. The van der Waals surface area contributed by atoms with E-state index in [0.29, 0.717) is 10.7 Å². The summed E-state index contributed by atoms with van der Waals surface area (Å²) in [4.78, 5) is 16.3. The Balaban J connectivity index is 2.08. The van der Waals surface area contributed by atoms with E-state index in [1.54, 1.807) is 11.6 Å². The molecule has 0 bridgehead atoms. The van der Waals surface area contributed by atoms with Crippen molar-refractivity contribution in [1.82, 2.24) is 9.38 Å². The fourth-order valence-corrected chi connectivity index (χ4v) is 2.89. The predicted molar refractivity (Wildman–Crippen MR) is 80.6 cm³/mol. The number of carbonyl (C=O) groups is 1. The first-order valence-corrected chi connectivity index (χ1v) is 7.41. The summed E-state index contributed by atoms with van der Waals surface area (Å²) in [7, 11) is 0. The minimum Gasteiger partial charge on any atom is -0.476 e. The molecule has 0 saturated carbocycles. The Labute approximate surface area is 125 Å². The third kappa shape index (κ3) is 2.38. The number of carboxylic acid groups (broad SMARTS) is 1. The van der Waals surface area contributed by atoms with Crippen LogP contribution in [-0.2, 0) is 0 Å². The summed E-state index contributed by atoms with van der Waals surface area (Å²) in [5.74, 6) is -0.0145. The lowest BCUT2D eigenvalue weighted by Crippen LogP contribution is -2.03. The Morgan fingerprint density at radius 3 is 2.86 bits per heavy atom. The van der Waals surface area contributed by atoms with Gasteiger partial charge in [-0.3, -0.25) is 4.40 Å². The van der Waals surface area contributed by atoms with E-state index >= 15 is 0 Å². The predicted octanol–water partition coefficient (Wildman–Crippen LogP) is 4.01. The smallest absolute Gasteiger partial charge is 0.358 e. The monoisotopic (exact) mass is 302 g/mol. The van der Waals surface area contributed by atoms with E-state index in [4.69, 9.17) is 4.74 Å². The maximum absolute atomic E-state index is 11.5. The second-order valence-corrected chi connectivity index (χ2v) is 5.79. The lowest BCUT2D eigenvalue weighted by molar-refractivity contribution is 0.0686. The fourth-order valence-electron chi connectivity index (χ4n) is 2.19. The van der Waals surface area contributed by atoms with Gasteiger partial charge in [0.25, 0.3) is 5.88 Å². The number of hydrogen-bond acceptors (Lipinski definition) is 4. The molecule has 0 aliphatic carbocycles. The first-order valence-electron chi connectivity index (χ1n) is 6.53. The SMILES string of the molecule is CC(C)c1ccccc1Oc1nc2sccn2c1C(=O)O. The molecule has 1 aromatic carbocycles. The third-order valence-corrected chi connectivity index (χ3v) is 3.94. The molecule has 21 heavy (non-hydrogen) atoms. The van der Waals surface area contributed by atoms with Crippen molar-refractivity contribution < 1.29 is 14.6 Å². The van der Waals surface area contributed by atoms with Crippen LogP contribution in [0, 0.1) is 0 Å². The number of para-hydroxylation sites is 1. The van der Waals surface area contributed by atoms with E-state index in [1.807, 2.05) is 24.3 Å². The molecule has 2 aromatic heterocycles. The molecule has 0 fully saturated rings. The molecular formula is C15H14N2O3S. The van der Waals surface area contributed by atoms with E-state index in [9.17, 15) is 9.90 Å². The largest absolute Gasteiger partial charge is 0.476 e. The van der Waals surface area contributed by atoms with E-state index < -0.39 is 5.97 Å². The first kappa shape index (κ1) is 13.6. The quantitative estimate of drug-likeness (QED) is 0.791. The van der Waals surface area contributed by atoms with Gasteiger partial charge in [0.05, 0.1) is 0 Å². The zero-order valence-corrected chi connectivity index (χ0v) is 12.4. The van der Waals surface area contributed by atoms with Gasteiger partial charge in [-0.25, -0.2) is 4.79 Å². The molecule has 0 atom stereocenters. The highest BCUT2D eigenvalue weighted by Gasteiger charge is 2.22. The highest BCUT2D eigenvalue weighted by Crippen LogP contribution is 2.32. The second kappa shape index (κ2) is 5.21. The van der Waals surface area contributed by atoms with Crippen molar-refractivity contribution in [1.29, 1.82) is 0 Å². The van der Waals surface area contributed by atoms with Crippen molar-refractivity contribution in [2.45, 2.75) is 19.8 Å². The van der Waals surface area contributed by atoms with E-state index in [2.05, 4.69) is 18.8 Å². The van der Waals surface area contributed by atoms with Crippen LogP contribution in [0.2, 0.25) is 0 Å². The maximum Gasteiger partial charge on any atom is 0.358 e. The van der Waals surface area contributed by atoms with Gasteiger partial charge in [0.1, 0.15) is 5.75 Å². The second-order valence-electron chi connectivity index (χ2n) is 4.92. The minimum atomic E-state index is -1.06. The highest BCUT2D eigenvalue weighted by molar-refractivity contribution is 7.15. The van der Waals surface area contributed by atoms with Crippen molar-refractivity contribution in [2.24, 2.45) is 0 Å². The van der Waals surface area contributed by atoms with Crippen molar-refractivity contribution in [3.05, 3.63) is 47.1 Å². The normalized spacial score (nSPS) is 11.2. The zero-order valence-electron chi connectivity index (χ0n) is 11.6. The molecule has 2 heterocycles. The van der Waals surface area contributed by atoms with Crippen LogP contribution in [-0.4, -0.2) is 20.5 Å². The number of imidazole rings is 1. The van der Waals surface area contributed by atoms with Crippen LogP contribution < -0.4 is 4.74 Å². The zero-order chi connectivity index (χ0) is 15.0. The third-order valence-electron chi connectivity index (χ3n) is 3.18. The minimum absolute atomic E-state index is 0.0461. The number of nitrogens with zero attached hydrogens (tertiary/aromatic N) is 2. The van der Waals surface area contributed by atoms with E-state index in [-0.39, 0.29) is 17.5 Å². The van der Waals surface area contributed by atoms with E-state index in [0.717, 1.165) is 5.56 Å². The lowest BCUT2D eigenvalue weighted by Gasteiger charge is -2.12. The molecular weight excluding hydrogens is 288 g/mol. The van der Waals surface area contributed by atoms with Gasteiger partial charge < -0.3 is 9.84 Å². The summed E-state index contributed by atoms with van der Waals surface area (Å²) >= 11 is 1.37. The molecule has 3 rings (SSSR count). The van der Waals surface area contributed by atoms with Crippen LogP contribution in [0.5, 0.6) is 11.6 Å². The standard InChI is InChI=1S/C15H14N2O3S/c1-9(2)10-5-3-4-6-11(10)20-13-12(14(18)19)17-7-8-21-15(17)16-13/h3-9H,1-2H3,(H,18,19). The first-order chi connectivity index (χ1) is 10.1. The molecule has 0 aliphatic rings. The topological polar surface area (TPSA) is 63.8 Å². The summed E-state index contributed by atoms with van der Waals surface area (Å²) in [6.07, 6.45) is 1.68. The Kier molecular flexibility index (Phi) is 3.39. The van der Waals surface area contributed by atoms with Gasteiger partial charge >= 0.3 is 5.97 Å². The molecule has 3 aromatic rings. The number of aromatic nitrogens is 2. The Morgan fingerprint density at radius 1 is 1.38 bits per heavy atom. The number of thiazole rings is 1. The average Bonchev–Trinajstić information content (AvgIpc) is 2.98. The number of hydrogen-bond donors (Lipinski definition) is 1. The lowest BCUT2D eigenvalue weighted by atomic mass is 10.0. The molecule has 0 amide bonds. The molecule has 0 aliphatic heterocycles. The number of aromatic carboxylic acids is 1. The van der Waals surface area contributed by atoms with Crippen molar-refractivity contribution in [3.63, 3.8) is 0 Å². The molecule has 0 radical (unpaired) electrons. The molecule has 0 unspecified atom stereocenters. The number of ether oxygens (including phenoxy) is 1. The highest BCUT2D eigenvalue weighted by atomic mass is 32.1. The molecule has 1 N–H and O–H groups in total. The number of fused-ring (bicyclic) bond motifs is 1. The molecule has 5 nitrogen and oxygen atoms in total.